The van der Waals surface area contributed by atoms with Crippen molar-refractivity contribution >= 4 is 24.0 Å². The van der Waals surface area contributed by atoms with Gasteiger partial charge in [-0.05, 0) is 31.0 Å². The molecule has 2 rings (SSSR count). The highest BCUT2D eigenvalue weighted by Crippen LogP contribution is 2.21. The van der Waals surface area contributed by atoms with Gasteiger partial charge in [0.2, 0.25) is 0 Å². The molecule has 0 unspecified atom stereocenters. The van der Waals surface area contributed by atoms with Gasteiger partial charge in [0.05, 0.1) is 0 Å². The van der Waals surface area contributed by atoms with Crippen LogP contribution >= 0.6 is 0 Å². The lowest BCUT2D eigenvalue weighted by molar-refractivity contribution is 0.426. The molecule has 17 heavy (non-hydrogen) atoms. The van der Waals surface area contributed by atoms with E-state index >= 15 is 0 Å². The first-order valence-corrected chi connectivity index (χ1v) is 6.19. The summed E-state index contributed by atoms with van der Waals surface area (Å²) in [5.74, 6) is 0. The SMILES string of the molecule is Nc1ccc(NC2CCCCC2)cc1B(O)O. The summed E-state index contributed by atoms with van der Waals surface area (Å²) in [6.07, 6.45) is 6.22. The number of rotatable bonds is 3. The average molecular weight is 234 g/mol. The zero-order chi connectivity index (χ0) is 12.3. The van der Waals surface area contributed by atoms with E-state index in [0.717, 1.165) is 5.69 Å². The molecule has 0 radical (unpaired) electrons. The Morgan fingerprint density at radius 3 is 2.53 bits per heavy atom. The summed E-state index contributed by atoms with van der Waals surface area (Å²) < 4.78 is 0. The molecule has 5 N–H and O–H groups in total. The molecule has 1 aliphatic rings. The van der Waals surface area contributed by atoms with Crippen LogP contribution in [-0.2, 0) is 0 Å². The van der Waals surface area contributed by atoms with Crippen molar-refractivity contribution in [1.82, 2.24) is 0 Å². The Balaban J connectivity index is 2.07. The number of anilines is 2. The molecule has 0 atom stereocenters. The summed E-state index contributed by atoms with van der Waals surface area (Å²) in [5.41, 5.74) is 7.36. The van der Waals surface area contributed by atoms with Gasteiger partial charge in [-0.15, -0.1) is 0 Å². The molecular weight excluding hydrogens is 215 g/mol. The predicted molar refractivity (Wildman–Crippen MR) is 71.2 cm³/mol. The third-order valence-electron chi connectivity index (χ3n) is 3.34. The van der Waals surface area contributed by atoms with Crippen LogP contribution in [0.1, 0.15) is 32.1 Å². The van der Waals surface area contributed by atoms with Gasteiger partial charge in [0.25, 0.3) is 0 Å². The molecule has 1 aromatic rings. The molecule has 1 aromatic carbocycles. The van der Waals surface area contributed by atoms with Crippen molar-refractivity contribution in [3.8, 4) is 0 Å². The molecule has 92 valence electrons. The number of nitrogens with two attached hydrogens (primary N) is 1. The molecule has 5 heteroatoms. The van der Waals surface area contributed by atoms with E-state index < -0.39 is 7.12 Å². The monoisotopic (exact) mass is 234 g/mol. The number of nitrogens with one attached hydrogen (secondary N) is 1. The van der Waals surface area contributed by atoms with Gasteiger partial charge in [0.15, 0.2) is 0 Å². The summed E-state index contributed by atoms with van der Waals surface area (Å²) in [5, 5.41) is 21.8. The second-order valence-corrected chi connectivity index (χ2v) is 4.70. The Hall–Kier alpha value is -1.20. The Labute approximate surface area is 102 Å². The van der Waals surface area contributed by atoms with Gasteiger partial charge >= 0.3 is 7.12 Å². The third-order valence-corrected chi connectivity index (χ3v) is 3.34. The van der Waals surface area contributed by atoms with Crippen LogP contribution < -0.4 is 16.5 Å². The van der Waals surface area contributed by atoms with Gasteiger partial charge in [-0.25, -0.2) is 0 Å². The van der Waals surface area contributed by atoms with Gasteiger partial charge in [0, 0.05) is 22.9 Å². The topological polar surface area (TPSA) is 78.5 Å². The Morgan fingerprint density at radius 1 is 1.18 bits per heavy atom. The lowest BCUT2D eigenvalue weighted by atomic mass is 9.79. The molecule has 4 nitrogen and oxygen atoms in total. The second-order valence-electron chi connectivity index (χ2n) is 4.70. The van der Waals surface area contributed by atoms with Gasteiger partial charge < -0.3 is 21.1 Å². The lowest BCUT2D eigenvalue weighted by Crippen LogP contribution is -2.33. The summed E-state index contributed by atoms with van der Waals surface area (Å²) in [7, 11) is -1.51. The van der Waals surface area contributed by atoms with E-state index in [4.69, 9.17) is 5.73 Å². The van der Waals surface area contributed by atoms with E-state index in [-0.39, 0.29) is 0 Å². The van der Waals surface area contributed by atoms with E-state index in [1.54, 1.807) is 12.1 Å². The van der Waals surface area contributed by atoms with Gasteiger partial charge in [-0.3, -0.25) is 0 Å². The molecular formula is C12H19BN2O2. The van der Waals surface area contributed by atoms with Gasteiger partial charge in [-0.1, -0.05) is 19.3 Å². The van der Waals surface area contributed by atoms with E-state index in [0.29, 0.717) is 17.2 Å². The molecule has 0 saturated heterocycles. The molecule has 0 heterocycles. The molecule has 1 saturated carbocycles. The highest BCUT2D eigenvalue weighted by molar-refractivity contribution is 6.60. The van der Waals surface area contributed by atoms with Crippen LogP contribution in [0.25, 0.3) is 0 Å². The van der Waals surface area contributed by atoms with Crippen LogP contribution in [0.4, 0.5) is 11.4 Å². The molecule has 0 amide bonds. The highest BCUT2D eigenvalue weighted by Gasteiger charge is 2.17. The fourth-order valence-corrected chi connectivity index (χ4v) is 2.37. The third kappa shape index (κ3) is 3.14. The van der Waals surface area contributed by atoms with Crippen molar-refractivity contribution in [2.45, 2.75) is 38.1 Å². The van der Waals surface area contributed by atoms with Gasteiger partial charge in [-0.2, -0.15) is 0 Å². The van der Waals surface area contributed by atoms with E-state index in [1.165, 1.54) is 32.1 Å². The Kier molecular flexibility index (Phi) is 3.91. The first kappa shape index (κ1) is 12.3. The standard InChI is InChI=1S/C12H19BN2O2/c14-12-7-6-10(8-11(12)13(16)17)15-9-4-2-1-3-5-9/h6-9,15-17H,1-5,14H2. The fourth-order valence-electron chi connectivity index (χ4n) is 2.37. The fraction of sp³-hybridized carbons (Fsp3) is 0.500. The van der Waals surface area contributed by atoms with Crippen molar-refractivity contribution in [1.29, 1.82) is 0 Å². The number of nitrogen functional groups attached to an aromatic ring is 1. The normalized spacial score (nSPS) is 16.8. The first-order chi connectivity index (χ1) is 8.16. The number of benzene rings is 1. The lowest BCUT2D eigenvalue weighted by Gasteiger charge is -2.24. The quantitative estimate of drug-likeness (QED) is 0.458. The van der Waals surface area contributed by atoms with Crippen LogP contribution in [0.5, 0.6) is 0 Å². The van der Waals surface area contributed by atoms with Crippen molar-refractivity contribution in [3.05, 3.63) is 18.2 Å². The zero-order valence-corrected chi connectivity index (χ0v) is 9.89. The maximum Gasteiger partial charge on any atom is 0.490 e. The maximum absolute atomic E-state index is 9.18. The van der Waals surface area contributed by atoms with Crippen molar-refractivity contribution in [2.75, 3.05) is 11.1 Å². The number of hydrogen-bond donors (Lipinski definition) is 4. The Bertz CT molecular complexity index is 379. The predicted octanol–water partition coefficient (Wildman–Crippen LogP) is 0.693. The summed E-state index contributed by atoms with van der Waals surface area (Å²) >= 11 is 0. The first-order valence-electron chi connectivity index (χ1n) is 6.19. The van der Waals surface area contributed by atoms with Crippen LogP contribution in [0.3, 0.4) is 0 Å². The summed E-state index contributed by atoms with van der Waals surface area (Å²) in [4.78, 5) is 0. The van der Waals surface area contributed by atoms with Crippen LogP contribution in [0, 0.1) is 0 Å². The van der Waals surface area contributed by atoms with Gasteiger partial charge in [0.1, 0.15) is 0 Å². The smallest absolute Gasteiger partial charge is 0.423 e. The zero-order valence-electron chi connectivity index (χ0n) is 9.89. The van der Waals surface area contributed by atoms with E-state index in [2.05, 4.69) is 5.32 Å². The molecule has 0 spiro atoms. The molecule has 1 fully saturated rings. The maximum atomic E-state index is 9.18. The summed E-state index contributed by atoms with van der Waals surface area (Å²) in [6.45, 7) is 0. The van der Waals surface area contributed by atoms with Crippen LogP contribution in [-0.4, -0.2) is 23.2 Å². The molecule has 0 aliphatic heterocycles. The minimum absolute atomic E-state index is 0.366. The molecule has 0 bridgehead atoms. The van der Waals surface area contributed by atoms with Crippen molar-refractivity contribution in [2.24, 2.45) is 0 Å². The number of hydrogen-bond acceptors (Lipinski definition) is 4. The van der Waals surface area contributed by atoms with E-state index in [1.807, 2.05) is 6.07 Å². The largest absolute Gasteiger partial charge is 0.490 e. The van der Waals surface area contributed by atoms with Crippen LogP contribution in [0.2, 0.25) is 0 Å². The minimum atomic E-state index is -1.51. The van der Waals surface area contributed by atoms with Crippen molar-refractivity contribution in [3.63, 3.8) is 0 Å². The highest BCUT2D eigenvalue weighted by atomic mass is 16.4. The molecule has 1 aliphatic carbocycles. The second kappa shape index (κ2) is 5.43. The van der Waals surface area contributed by atoms with E-state index in [9.17, 15) is 10.0 Å². The minimum Gasteiger partial charge on any atom is -0.423 e. The Morgan fingerprint density at radius 2 is 1.88 bits per heavy atom. The molecule has 0 aromatic heterocycles. The van der Waals surface area contributed by atoms with Crippen molar-refractivity contribution < 1.29 is 10.0 Å². The summed E-state index contributed by atoms with van der Waals surface area (Å²) in [6, 6.07) is 5.81. The average Bonchev–Trinajstić information content (AvgIpc) is 2.32. The van der Waals surface area contributed by atoms with Crippen LogP contribution in [0.15, 0.2) is 18.2 Å².